The van der Waals surface area contributed by atoms with E-state index in [0.29, 0.717) is 17.1 Å². The Balaban J connectivity index is 2.57. The molecule has 1 aromatic rings. The summed E-state index contributed by atoms with van der Waals surface area (Å²) >= 11 is 0. The Morgan fingerprint density at radius 2 is 1.89 bits per heavy atom. The van der Waals surface area contributed by atoms with E-state index < -0.39 is 0 Å². The second-order valence-electron chi connectivity index (χ2n) is 4.23. The van der Waals surface area contributed by atoms with Gasteiger partial charge in [0.2, 0.25) is 0 Å². The van der Waals surface area contributed by atoms with E-state index in [-0.39, 0.29) is 17.5 Å². The minimum atomic E-state index is -0.358. The zero-order valence-electron chi connectivity index (χ0n) is 10.9. The highest BCUT2D eigenvalue weighted by Crippen LogP contribution is 2.43. The van der Waals surface area contributed by atoms with E-state index in [1.165, 1.54) is 27.4 Å². The van der Waals surface area contributed by atoms with E-state index in [1.807, 2.05) is 0 Å². The summed E-state index contributed by atoms with van der Waals surface area (Å²) in [4.78, 5) is 0. The monoisotopic (exact) mass is 255 g/mol. The van der Waals surface area contributed by atoms with Crippen molar-refractivity contribution in [1.82, 2.24) is 5.32 Å². The maximum Gasteiger partial charge on any atom is 0.172 e. The van der Waals surface area contributed by atoms with Crippen molar-refractivity contribution >= 4 is 0 Å². The average Bonchev–Trinajstić information content (AvgIpc) is 2.91. The first-order valence-electron chi connectivity index (χ1n) is 5.92. The molecule has 1 N–H and O–H groups in total. The Labute approximate surface area is 106 Å². The van der Waals surface area contributed by atoms with E-state index in [9.17, 15) is 4.39 Å². The molecular weight excluding hydrogens is 237 g/mol. The standard InChI is InChI=1S/C13H18FNO3/c1-16-9-6-10(17-2)13(18-3)11(12(9)14)8-4-5-15-7-8/h6,8,15H,4-5,7H2,1-3H3. The molecule has 1 aliphatic rings. The molecule has 1 unspecified atom stereocenters. The van der Waals surface area contributed by atoms with Gasteiger partial charge in [0.25, 0.3) is 0 Å². The Morgan fingerprint density at radius 1 is 1.17 bits per heavy atom. The molecule has 1 saturated heterocycles. The van der Waals surface area contributed by atoms with Gasteiger partial charge in [-0.3, -0.25) is 0 Å². The highest BCUT2D eigenvalue weighted by Gasteiger charge is 2.28. The second kappa shape index (κ2) is 5.44. The summed E-state index contributed by atoms with van der Waals surface area (Å²) in [6.45, 7) is 1.62. The molecule has 0 amide bonds. The summed E-state index contributed by atoms with van der Waals surface area (Å²) in [5.74, 6) is 0.879. The molecule has 1 aliphatic heterocycles. The Morgan fingerprint density at radius 3 is 2.39 bits per heavy atom. The summed E-state index contributed by atoms with van der Waals surface area (Å²) in [5, 5.41) is 3.22. The average molecular weight is 255 g/mol. The first kappa shape index (κ1) is 13.0. The van der Waals surface area contributed by atoms with E-state index >= 15 is 0 Å². The minimum Gasteiger partial charge on any atom is -0.494 e. The van der Waals surface area contributed by atoms with Crippen LogP contribution in [0.25, 0.3) is 0 Å². The topological polar surface area (TPSA) is 39.7 Å². The molecule has 4 nitrogen and oxygen atoms in total. The first-order chi connectivity index (χ1) is 8.72. The zero-order valence-corrected chi connectivity index (χ0v) is 10.9. The molecule has 0 saturated carbocycles. The highest BCUT2D eigenvalue weighted by atomic mass is 19.1. The van der Waals surface area contributed by atoms with Gasteiger partial charge in [-0.15, -0.1) is 0 Å². The number of hydrogen-bond acceptors (Lipinski definition) is 4. The van der Waals surface area contributed by atoms with Gasteiger partial charge in [-0.2, -0.15) is 0 Å². The third kappa shape index (κ3) is 2.10. The highest BCUT2D eigenvalue weighted by molar-refractivity contribution is 5.54. The Hall–Kier alpha value is -1.49. The molecule has 0 radical (unpaired) electrons. The summed E-state index contributed by atoms with van der Waals surface area (Å²) in [5.41, 5.74) is 0.540. The quantitative estimate of drug-likeness (QED) is 0.892. The fraction of sp³-hybridized carbons (Fsp3) is 0.538. The number of ether oxygens (including phenoxy) is 3. The summed E-state index contributed by atoms with van der Waals surface area (Å²) in [6, 6.07) is 1.51. The van der Waals surface area contributed by atoms with Gasteiger partial charge in [-0.1, -0.05) is 0 Å². The van der Waals surface area contributed by atoms with Crippen LogP contribution in [0, 0.1) is 5.82 Å². The van der Waals surface area contributed by atoms with Crippen LogP contribution >= 0.6 is 0 Å². The fourth-order valence-electron chi connectivity index (χ4n) is 2.39. The van der Waals surface area contributed by atoms with Crippen LogP contribution in [0.2, 0.25) is 0 Å². The third-order valence-corrected chi connectivity index (χ3v) is 3.30. The van der Waals surface area contributed by atoms with E-state index in [0.717, 1.165) is 19.5 Å². The number of benzene rings is 1. The largest absolute Gasteiger partial charge is 0.494 e. The molecule has 0 aromatic heterocycles. The van der Waals surface area contributed by atoms with Crippen LogP contribution in [0.5, 0.6) is 17.2 Å². The van der Waals surface area contributed by atoms with Gasteiger partial charge in [0, 0.05) is 24.1 Å². The number of halogens is 1. The molecular formula is C13H18FNO3. The number of methoxy groups -OCH3 is 3. The van der Waals surface area contributed by atoms with Crippen LogP contribution in [0.3, 0.4) is 0 Å². The SMILES string of the molecule is COc1cc(OC)c(OC)c(C2CCNC2)c1F. The van der Waals surface area contributed by atoms with Gasteiger partial charge in [0.05, 0.1) is 21.3 Å². The molecule has 100 valence electrons. The predicted molar refractivity (Wildman–Crippen MR) is 66.3 cm³/mol. The van der Waals surface area contributed by atoms with Gasteiger partial charge in [-0.25, -0.2) is 4.39 Å². The second-order valence-corrected chi connectivity index (χ2v) is 4.23. The van der Waals surface area contributed by atoms with Crippen LogP contribution in [-0.4, -0.2) is 34.4 Å². The lowest BCUT2D eigenvalue weighted by atomic mass is 9.96. The summed E-state index contributed by atoms with van der Waals surface area (Å²) < 4.78 is 30.0. The maximum atomic E-state index is 14.4. The Bertz CT molecular complexity index is 431. The molecule has 1 aromatic carbocycles. The molecule has 18 heavy (non-hydrogen) atoms. The van der Waals surface area contributed by atoms with Crippen LogP contribution in [-0.2, 0) is 0 Å². The lowest BCUT2D eigenvalue weighted by Gasteiger charge is -2.19. The van der Waals surface area contributed by atoms with Gasteiger partial charge >= 0.3 is 0 Å². The van der Waals surface area contributed by atoms with Crippen molar-refractivity contribution < 1.29 is 18.6 Å². The number of rotatable bonds is 4. The molecule has 1 fully saturated rings. The molecule has 5 heteroatoms. The summed E-state index contributed by atoms with van der Waals surface area (Å²) in [7, 11) is 4.50. The van der Waals surface area contributed by atoms with Crippen LogP contribution in [0.15, 0.2) is 6.07 Å². The van der Waals surface area contributed by atoms with Crippen molar-refractivity contribution in [2.24, 2.45) is 0 Å². The smallest absolute Gasteiger partial charge is 0.172 e. The third-order valence-electron chi connectivity index (χ3n) is 3.30. The number of nitrogens with one attached hydrogen (secondary N) is 1. The van der Waals surface area contributed by atoms with E-state index in [2.05, 4.69) is 5.32 Å². The Kier molecular flexibility index (Phi) is 3.91. The van der Waals surface area contributed by atoms with E-state index in [4.69, 9.17) is 14.2 Å². The maximum absolute atomic E-state index is 14.4. The lowest BCUT2D eigenvalue weighted by Crippen LogP contribution is -2.11. The van der Waals surface area contributed by atoms with Crippen molar-refractivity contribution in [2.45, 2.75) is 12.3 Å². The molecule has 2 rings (SSSR count). The molecule has 0 bridgehead atoms. The van der Waals surface area contributed by atoms with Crippen molar-refractivity contribution in [3.63, 3.8) is 0 Å². The lowest BCUT2D eigenvalue weighted by molar-refractivity contribution is 0.331. The zero-order chi connectivity index (χ0) is 13.1. The van der Waals surface area contributed by atoms with E-state index in [1.54, 1.807) is 0 Å². The molecule has 0 aliphatic carbocycles. The minimum absolute atomic E-state index is 0.0870. The fourth-order valence-corrected chi connectivity index (χ4v) is 2.39. The molecule has 0 spiro atoms. The summed E-state index contributed by atoms with van der Waals surface area (Å²) in [6.07, 6.45) is 0.879. The van der Waals surface area contributed by atoms with Crippen LogP contribution < -0.4 is 19.5 Å². The molecule has 1 atom stereocenters. The van der Waals surface area contributed by atoms with Gasteiger partial charge in [0.15, 0.2) is 23.1 Å². The van der Waals surface area contributed by atoms with Crippen LogP contribution in [0.1, 0.15) is 17.9 Å². The normalized spacial score (nSPS) is 18.8. The van der Waals surface area contributed by atoms with Crippen molar-refractivity contribution in [2.75, 3.05) is 34.4 Å². The van der Waals surface area contributed by atoms with Crippen molar-refractivity contribution in [1.29, 1.82) is 0 Å². The first-order valence-corrected chi connectivity index (χ1v) is 5.92. The number of hydrogen-bond donors (Lipinski definition) is 1. The van der Waals surface area contributed by atoms with Crippen molar-refractivity contribution in [3.05, 3.63) is 17.4 Å². The van der Waals surface area contributed by atoms with Gasteiger partial charge < -0.3 is 19.5 Å². The van der Waals surface area contributed by atoms with Gasteiger partial charge in [0.1, 0.15) is 0 Å². The molecule has 1 heterocycles. The van der Waals surface area contributed by atoms with Crippen LogP contribution in [0.4, 0.5) is 4.39 Å². The van der Waals surface area contributed by atoms with Gasteiger partial charge in [-0.05, 0) is 13.0 Å². The van der Waals surface area contributed by atoms with Crippen molar-refractivity contribution in [3.8, 4) is 17.2 Å². The predicted octanol–water partition coefficient (Wildman–Crippen LogP) is 1.93.